The van der Waals surface area contributed by atoms with Crippen molar-refractivity contribution in [3.63, 3.8) is 0 Å². The van der Waals surface area contributed by atoms with E-state index >= 15 is 0 Å². The molecule has 0 aromatic heterocycles. The van der Waals surface area contributed by atoms with Crippen LogP contribution in [0.5, 0.6) is 11.5 Å². The number of aromatic hydroxyl groups is 1. The van der Waals surface area contributed by atoms with E-state index in [1.165, 1.54) is 0 Å². The van der Waals surface area contributed by atoms with Gasteiger partial charge in [-0.3, -0.25) is 4.79 Å². The molecule has 0 aliphatic carbocycles. The third kappa shape index (κ3) is 3.74. The molecule has 2 aromatic carbocycles. The fraction of sp³-hybridized carbons (Fsp3) is 0.133. The van der Waals surface area contributed by atoms with Crippen molar-refractivity contribution in [1.82, 2.24) is 0 Å². The molecule has 0 bridgehead atoms. The Morgan fingerprint density at radius 2 is 2.10 bits per heavy atom. The van der Waals surface area contributed by atoms with Gasteiger partial charge in [-0.2, -0.15) is 0 Å². The summed E-state index contributed by atoms with van der Waals surface area (Å²) in [6.45, 7) is 0. The summed E-state index contributed by atoms with van der Waals surface area (Å²) in [4.78, 5) is 12.0. The van der Waals surface area contributed by atoms with Crippen molar-refractivity contribution in [3.05, 3.63) is 52.5 Å². The van der Waals surface area contributed by atoms with Crippen molar-refractivity contribution in [2.75, 3.05) is 12.4 Å². The standard InChI is InChI=1S/C15H14BrNO3/c1-20-12-5-6-13(16)14(9-12)17-15(19)8-10-3-2-4-11(18)7-10/h2-7,9,18H,8H2,1H3,(H,17,19). The number of carbonyl (C=O) groups is 1. The second-order valence-corrected chi connectivity index (χ2v) is 5.09. The molecule has 0 saturated carbocycles. The summed E-state index contributed by atoms with van der Waals surface area (Å²) in [7, 11) is 1.57. The lowest BCUT2D eigenvalue weighted by Crippen LogP contribution is -2.14. The van der Waals surface area contributed by atoms with E-state index in [-0.39, 0.29) is 18.1 Å². The van der Waals surface area contributed by atoms with Gasteiger partial charge in [0.1, 0.15) is 11.5 Å². The van der Waals surface area contributed by atoms with Crippen LogP contribution in [0.25, 0.3) is 0 Å². The van der Waals surface area contributed by atoms with Gasteiger partial charge in [-0.1, -0.05) is 12.1 Å². The van der Waals surface area contributed by atoms with Crippen LogP contribution in [-0.2, 0) is 11.2 Å². The zero-order valence-electron chi connectivity index (χ0n) is 10.9. The van der Waals surface area contributed by atoms with Crippen molar-refractivity contribution >= 4 is 27.5 Å². The number of hydrogen-bond acceptors (Lipinski definition) is 3. The van der Waals surface area contributed by atoms with Crippen LogP contribution in [-0.4, -0.2) is 18.1 Å². The molecular weight excluding hydrogens is 322 g/mol. The average molecular weight is 336 g/mol. The molecule has 0 aliphatic rings. The van der Waals surface area contributed by atoms with Gasteiger partial charge < -0.3 is 15.2 Å². The third-order valence-corrected chi connectivity index (χ3v) is 3.41. The molecule has 0 unspecified atom stereocenters. The Bertz CT molecular complexity index is 628. The summed E-state index contributed by atoms with van der Waals surface area (Å²) >= 11 is 3.37. The van der Waals surface area contributed by atoms with Crippen LogP contribution in [0.1, 0.15) is 5.56 Å². The monoisotopic (exact) mass is 335 g/mol. The Kier molecular flexibility index (Phi) is 4.63. The zero-order chi connectivity index (χ0) is 14.5. The van der Waals surface area contributed by atoms with Crippen molar-refractivity contribution in [1.29, 1.82) is 0 Å². The Hall–Kier alpha value is -2.01. The largest absolute Gasteiger partial charge is 0.508 e. The van der Waals surface area contributed by atoms with Gasteiger partial charge in [0, 0.05) is 10.5 Å². The predicted molar refractivity (Wildman–Crippen MR) is 81.1 cm³/mol. The van der Waals surface area contributed by atoms with E-state index < -0.39 is 0 Å². The van der Waals surface area contributed by atoms with E-state index in [0.29, 0.717) is 11.4 Å². The predicted octanol–water partition coefficient (Wildman–Crippen LogP) is 3.34. The first kappa shape index (κ1) is 14.4. The lowest BCUT2D eigenvalue weighted by Gasteiger charge is -2.09. The van der Waals surface area contributed by atoms with Gasteiger partial charge in [-0.15, -0.1) is 0 Å². The number of hydrogen-bond donors (Lipinski definition) is 2. The number of amides is 1. The number of anilines is 1. The highest BCUT2D eigenvalue weighted by Crippen LogP contribution is 2.27. The van der Waals surface area contributed by atoms with Crippen LogP contribution < -0.4 is 10.1 Å². The first-order chi connectivity index (χ1) is 9.58. The minimum absolute atomic E-state index is 0.151. The summed E-state index contributed by atoms with van der Waals surface area (Å²) in [5.41, 5.74) is 1.40. The van der Waals surface area contributed by atoms with Gasteiger partial charge in [0.05, 0.1) is 19.2 Å². The molecular formula is C15H14BrNO3. The highest BCUT2D eigenvalue weighted by Gasteiger charge is 2.08. The Labute approximate surface area is 125 Å². The first-order valence-corrected chi connectivity index (χ1v) is 6.79. The van der Waals surface area contributed by atoms with Crippen LogP contribution in [0.2, 0.25) is 0 Å². The van der Waals surface area contributed by atoms with Crippen molar-refractivity contribution in [2.24, 2.45) is 0 Å². The topological polar surface area (TPSA) is 58.6 Å². The smallest absolute Gasteiger partial charge is 0.228 e. The fourth-order valence-electron chi connectivity index (χ4n) is 1.77. The molecule has 0 saturated heterocycles. The molecule has 2 rings (SSSR count). The maximum Gasteiger partial charge on any atom is 0.228 e. The summed E-state index contributed by atoms with van der Waals surface area (Å²) < 4.78 is 5.90. The summed E-state index contributed by atoms with van der Waals surface area (Å²) in [5.74, 6) is 0.656. The second-order valence-electron chi connectivity index (χ2n) is 4.24. The Morgan fingerprint density at radius 1 is 1.30 bits per heavy atom. The van der Waals surface area contributed by atoms with E-state index in [1.807, 2.05) is 6.07 Å². The fourth-order valence-corrected chi connectivity index (χ4v) is 2.12. The summed E-state index contributed by atoms with van der Waals surface area (Å²) in [6.07, 6.45) is 0.193. The number of methoxy groups -OCH3 is 1. The minimum Gasteiger partial charge on any atom is -0.508 e. The summed E-state index contributed by atoms with van der Waals surface area (Å²) in [5, 5.41) is 12.2. The van der Waals surface area contributed by atoms with Crippen molar-refractivity contribution in [2.45, 2.75) is 6.42 Å². The highest BCUT2D eigenvalue weighted by atomic mass is 79.9. The maximum absolute atomic E-state index is 12.0. The van der Waals surface area contributed by atoms with Gasteiger partial charge in [0.15, 0.2) is 0 Å². The van der Waals surface area contributed by atoms with Crippen molar-refractivity contribution < 1.29 is 14.6 Å². The molecule has 20 heavy (non-hydrogen) atoms. The van der Waals surface area contributed by atoms with Crippen LogP contribution in [0.4, 0.5) is 5.69 Å². The number of halogens is 1. The van der Waals surface area contributed by atoms with E-state index in [2.05, 4.69) is 21.2 Å². The number of benzene rings is 2. The van der Waals surface area contributed by atoms with E-state index in [1.54, 1.807) is 43.5 Å². The van der Waals surface area contributed by atoms with Gasteiger partial charge in [0.2, 0.25) is 5.91 Å². The zero-order valence-corrected chi connectivity index (χ0v) is 12.5. The van der Waals surface area contributed by atoms with Gasteiger partial charge in [-0.25, -0.2) is 0 Å². The number of rotatable bonds is 4. The molecule has 0 aliphatic heterocycles. The van der Waals surface area contributed by atoms with E-state index in [4.69, 9.17) is 4.74 Å². The molecule has 4 nitrogen and oxygen atoms in total. The van der Waals surface area contributed by atoms with E-state index in [9.17, 15) is 9.90 Å². The maximum atomic E-state index is 12.0. The molecule has 2 N–H and O–H groups in total. The number of carbonyl (C=O) groups excluding carboxylic acids is 1. The highest BCUT2D eigenvalue weighted by molar-refractivity contribution is 9.10. The first-order valence-electron chi connectivity index (χ1n) is 6.00. The molecule has 0 atom stereocenters. The van der Waals surface area contributed by atoms with E-state index in [0.717, 1.165) is 10.0 Å². The second kappa shape index (κ2) is 6.43. The Morgan fingerprint density at radius 3 is 2.80 bits per heavy atom. The average Bonchev–Trinajstić information content (AvgIpc) is 2.41. The minimum atomic E-state index is -0.162. The third-order valence-electron chi connectivity index (χ3n) is 2.72. The quantitative estimate of drug-likeness (QED) is 0.900. The summed E-state index contributed by atoms with van der Waals surface area (Å²) in [6, 6.07) is 12.0. The van der Waals surface area contributed by atoms with Crippen LogP contribution >= 0.6 is 15.9 Å². The lowest BCUT2D eigenvalue weighted by atomic mass is 10.1. The van der Waals surface area contributed by atoms with Gasteiger partial charge in [-0.05, 0) is 45.8 Å². The number of ether oxygens (including phenoxy) is 1. The lowest BCUT2D eigenvalue weighted by molar-refractivity contribution is -0.115. The number of nitrogens with one attached hydrogen (secondary N) is 1. The molecule has 1 amide bonds. The van der Waals surface area contributed by atoms with Gasteiger partial charge in [0.25, 0.3) is 0 Å². The Balaban J connectivity index is 2.08. The number of phenols is 1. The van der Waals surface area contributed by atoms with Crippen molar-refractivity contribution in [3.8, 4) is 11.5 Å². The molecule has 0 radical (unpaired) electrons. The number of phenolic OH excluding ortho intramolecular Hbond substituents is 1. The molecule has 0 heterocycles. The molecule has 5 heteroatoms. The van der Waals surface area contributed by atoms with Crippen LogP contribution in [0.3, 0.4) is 0 Å². The SMILES string of the molecule is COc1ccc(Br)c(NC(=O)Cc2cccc(O)c2)c1. The molecule has 104 valence electrons. The van der Waals surface area contributed by atoms with Crippen LogP contribution in [0.15, 0.2) is 46.9 Å². The molecule has 2 aromatic rings. The normalized spacial score (nSPS) is 10.1. The van der Waals surface area contributed by atoms with Crippen LogP contribution in [0, 0.1) is 0 Å². The molecule has 0 fully saturated rings. The van der Waals surface area contributed by atoms with Gasteiger partial charge >= 0.3 is 0 Å². The molecule has 0 spiro atoms.